The molecular weight excluding hydrogens is 280 g/mol. The van der Waals surface area contributed by atoms with Gasteiger partial charge in [0.25, 0.3) is 5.91 Å². The van der Waals surface area contributed by atoms with Crippen molar-refractivity contribution in [3.63, 3.8) is 0 Å². The Bertz CT molecular complexity index is 496. The molecule has 0 atom stereocenters. The number of anilines is 1. The van der Waals surface area contributed by atoms with Crippen molar-refractivity contribution in [3.05, 3.63) is 29.3 Å². The summed E-state index contributed by atoms with van der Waals surface area (Å²) in [6, 6.07) is 1.97. The Labute approximate surface area is 122 Å². The van der Waals surface area contributed by atoms with Crippen LogP contribution in [0, 0.1) is 17.6 Å². The number of nitrogen functional groups attached to an aromatic ring is 1. The van der Waals surface area contributed by atoms with E-state index in [0.29, 0.717) is 25.7 Å². The molecule has 1 saturated heterocycles. The molecule has 1 fully saturated rings. The van der Waals surface area contributed by atoms with E-state index in [0.717, 1.165) is 25.0 Å². The number of hydrogen-bond donors (Lipinski definition) is 2. The van der Waals surface area contributed by atoms with Gasteiger partial charge in [-0.1, -0.05) is 0 Å². The zero-order valence-corrected chi connectivity index (χ0v) is 11.9. The molecule has 0 saturated carbocycles. The van der Waals surface area contributed by atoms with Crippen LogP contribution in [-0.4, -0.2) is 37.6 Å². The summed E-state index contributed by atoms with van der Waals surface area (Å²) in [6.07, 6.45) is 1.77. The van der Waals surface area contributed by atoms with Crippen molar-refractivity contribution in [1.82, 2.24) is 4.90 Å². The Kier molecular flexibility index (Phi) is 5.08. The molecule has 0 unspecified atom stereocenters. The van der Waals surface area contributed by atoms with Gasteiger partial charge in [-0.15, -0.1) is 0 Å². The molecule has 1 amide bonds. The summed E-state index contributed by atoms with van der Waals surface area (Å²) in [7, 11) is 1.63. The van der Waals surface area contributed by atoms with E-state index < -0.39 is 23.2 Å². The van der Waals surface area contributed by atoms with Gasteiger partial charge in [0.05, 0.1) is 0 Å². The molecule has 1 aliphatic rings. The van der Waals surface area contributed by atoms with Crippen molar-refractivity contribution in [2.45, 2.75) is 12.8 Å². The van der Waals surface area contributed by atoms with Gasteiger partial charge in [-0.3, -0.25) is 10.6 Å². The summed E-state index contributed by atoms with van der Waals surface area (Å²) in [5.41, 5.74) is 1.46. The first kappa shape index (κ1) is 15.7. The molecule has 0 aromatic heterocycles. The number of rotatable bonds is 4. The second-order valence-electron chi connectivity index (χ2n) is 5.20. The average Bonchev–Trinajstić information content (AvgIpc) is 2.47. The number of benzene rings is 1. The molecule has 0 aliphatic carbocycles. The zero-order chi connectivity index (χ0) is 15.4. The molecule has 3 N–H and O–H groups in total. The maximum absolute atomic E-state index is 13.6. The number of amides is 1. The number of nitrogens with zero attached hydrogens (tertiary/aromatic N) is 1. The molecule has 1 aromatic carbocycles. The maximum Gasteiger partial charge on any atom is 0.253 e. The van der Waals surface area contributed by atoms with E-state index in [1.54, 1.807) is 7.05 Å². The van der Waals surface area contributed by atoms with E-state index in [-0.39, 0.29) is 5.56 Å². The predicted octanol–water partition coefficient (Wildman–Crippen LogP) is 1.75. The summed E-state index contributed by atoms with van der Waals surface area (Å²) in [6.45, 7) is 1.92. The van der Waals surface area contributed by atoms with E-state index in [9.17, 15) is 13.6 Å². The van der Waals surface area contributed by atoms with Crippen LogP contribution in [0.15, 0.2) is 12.1 Å². The Morgan fingerprint density at radius 2 is 1.95 bits per heavy atom. The molecule has 0 radical (unpaired) electrons. The third-order valence-electron chi connectivity index (χ3n) is 3.65. The molecule has 5 nitrogen and oxygen atoms in total. The number of halogens is 2. The number of hydrazine groups is 1. The van der Waals surface area contributed by atoms with Crippen LogP contribution < -0.4 is 11.3 Å². The lowest BCUT2D eigenvalue weighted by atomic mass is 9.99. The van der Waals surface area contributed by atoms with Crippen LogP contribution in [-0.2, 0) is 4.74 Å². The van der Waals surface area contributed by atoms with Gasteiger partial charge >= 0.3 is 0 Å². The average molecular weight is 299 g/mol. The lowest BCUT2D eigenvalue weighted by Crippen LogP contribution is -2.34. The molecule has 0 spiro atoms. The van der Waals surface area contributed by atoms with Crippen molar-refractivity contribution in [2.24, 2.45) is 11.8 Å². The highest BCUT2D eigenvalue weighted by molar-refractivity contribution is 5.94. The third kappa shape index (κ3) is 3.68. The molecule has 1 aromatic rings. The topological polar surface area (TPSA) is 67.6 Å². The minimum Gasteiger partial charge on any atom is -0.381 e. The lowest BCUT2D eigenvalue weighted by molar-refractivity contribution is 0.0497. The Morgan fingerprint density at radius 1 is 1.38 bits per heavy atom. The largest absolute Gasteiger partial charge is 0.381 e. The summed E-state index contributed by atoms with van der Waals surface area (Å²) >= 11 is 0. The van der Waals surface area contributed by atoms with Gasteiger partial charge in [-0.2, -0.15) is 0 Å². The van der Waals surface area contributed by atoms with Gasteiger partial charge in [-0.25, -0.2) is 8.78 Å². The molecule has 2 rings (SSSR count). The maximum atomic E-state index is 13.6. The number of carbonyl (C=O) groups excluding carboxylic acids is 1. The first-order valence-electron chi connectivity index (χ1n) is 6.81. The van der Waals surface area contributed by atoms with E-state index in [1.165, 1.54) is 4.90 Å². The van der Waals surface area contributed by atoms with Crippen LogP contribution in [0.4, 0.5) is 14.5 Å². The summed E-state index contributed by atoms with van der Waals surface area (Å²) in [4.78, 5) is 13.7. The number of nitrogens with two attached hydrogens (primary N) is 1. The van der Waals surface area contributed by atoms with E-state index >= 15 is 0 Å². The molecule has 1 aliphatic heterocycles. The number of hydrogen-bond acceptors (Lipinski definition) is 4. The van der Waals surface area contributed by atoms with E-state index in [1.807, 2.05) is 5.43 Å². The van der Waals surface area contributed by atoms with Gasteiger partial charge in [0.15, 0.2) is 11.6 Å². The number of carbonyl (C=O) groups is 1. The summed E-state index contributed by atoms with van der Waals surface area (Å²) in [5, 5.41) is 0. The molecular formula is C14H19F2N3O2. The zero-order valence-electron chi connectivity index (χ0n) is 11.9. The van der Waals surface area contributed by atoms with Gasteiger partial charge in [-0.05, 0) is 30.9 Å². The molecule has 1 heterocycles. The Balaban J connectivity index is 2.08. The molecule has 21 heavy (non-hydrogen) atoms. The van der Waals surface area contributed by atoms with Crippen molar-refractivity contribution in [3.8, 4) is 0 Å². The van der Waals surface area contributed by atoms with Gasteiger partial charge in [0, 0.05) is 32.4 Å². The van der Waals surface area contributed by atoms with Crippen LogP contribution in [0.3, 0.4) is 0 Å². The second-order valence-corrected chi connectivity index (χ2v) is 5.20. The normalized spacial score (nSPS) is 15.8. The standard InChI is InChI=1S/C14H19F2N3O2/c1-19(8-9-2-4-21-5-3-9)14(20)10-6-11(15)13(18-17)12(16)7-10/h6-7,9,18H,2-5,8,17H2,1H3. The van der Waals surface area contributed by atoms with Crippen molar-refractivity contribution in [1.29, 1.82) is 0 Å². The Hall–Kier alpha value is -1.73. The highest BCUT2D eigenvalue weighted by atomic mass is 19.1. The highest BCUT2D eigenvalue weighted by Gasteiger charge is 2.21. The fourth-order valence-electron chi connectivity index (χ4n) is 2.45. The molecule has 7 heteroatoms. The number of nitrogens with one attached hydrogen (secondary N) is 1. The smallest absolute Gasteiger partial charge is 0.253 e. The van der Waals surface area contributed by atoms with Crippen molar-refractivity contribution < 1.29 is 18.3 Å². The van der Waals surface area contributed by atoms with Crippen LogP contribution in [0.2, 0.25) is 0 Å². The predicted molar refractivity (Wildman–Crippen MR) is 74.7 cm³/mol. The SMILES string of the molecule is CN(CC1CCOCC1)C(=O)c1cc(F)c(NN)c(F)c1. The third-order valence-corrected chi connectivity index (χ3v) is 3.65. The Morgan fingerprint density at radius 3 is 2.48 bits per heavy atom. The number of ether oxygens (including phenoxy) is 1. The summed E-state index contributed by atoms with van der Waals surface area (Å²) in [5.74, 6) is 3.19. The quantitative estimate of drug-likeness (QED) is 0.656. The lowest BCUT2D eigenvalue weighted by Gasteiger charge is -2.27. The first-order chi connectivity index (χ1) is 10.0. The van der Waals surface area contributed by atoms with Crippen LogP contribution >= 0.6 is 0 Å². The highest BCUT2D eigenvalue weighted by Crippen LogP contribution is 2.21. The van der Waals surface area contributed by atoms with Crippen LogP contribution in [0.5, 0.6) is 0 Å². The second kappa shape index (κ2) is 6.82. The molecule has 0 bridgehead atoms. The monoisotopic (exact) mass is 299 g/mol. The van der Waals surface area contributed by atoms with Gasteiger partial charge < -0.3 is 15.1 Å². The molecule has 116 valence electrons. The van der Waals surface area contributed by atoms with Gasteiger partial charge in [0.1, 0.15) is 5.69 Å². The van der Waals surface area contributed by atoms with E-state index in [4.69, 9.17) is 10.6 Å². The minimum atomic E-state index is -0.889. The first-order valence-corrected chi connectivity index (χ1v) is 6.81. The fourth-order valence-corrected chi connectivity index (χ4v) is 2.45. The van der Waals surface area contributed by atoms with Crippen LogP contribution in [0.1, 0.15) is 23.2 Å². The summed E-state index contributed by atoms with van der Waals surface area (Å²) < 4.78 is 32.5. The van der Waals surface area contributed by atoms with Crippen molar-refractivity contribution in [2.75, 3.05) is 32.2 Å². The fraction of sp³-hybridized carbons (Fsp3) is 0.500. The van der Waals surface area contributed by atoms with E-state index in [2.05, 4.69) is 0 Å². The minimum absolute atomic E-state index is 0.0291. The van der Waals surface area contributed by atoms with Crippen molar-refractivity contribution >= 4 is 11.6 Å². The van der Waals surface area contributed by atoms with Gasteiger partial charge in [0.2, 0.25) is 0 Å². The van der Waals surface area contributed by atoms with Crippen LogP contribution in [0.25, 0.3) is 0 Å².